The number of nitrogens with one attached hydrogen (secondary N) is 5. The summed E-state index contributed by atoms with van der Waals surface area (Å²) < 4.78 is 47.1. The lowest BCUT2D eigenvalue weighted by atomic mass is 9.72. The largest absolute Gasteiger partial charge is 0.491 e. The van der Waals surface area contributed by atoms with Crippen molar-refractivity contribution >= 4 is 36.4 Å². The molecule has 4 fully saturated rings. The van der Waals surface area contributed by atoms with E-state index in [1.807, 2.05) is 0 Å². The lowest BCUT2D eigenvalue weighted by Crippen LogP contribution is -2.74. The molecule has 1 unspecified atom stereocenters. The van der Waals surface area contributed by atoms with Crippen LogP contribution in [0.4, 0.5) is 24.0 Å². The number of carbonyl (C=O) groups is 6. The minimum absolute atomic E-state index is 0.0551. The van der Waals surface area contributed by atoms with Gasteiger partial charge in [-0.05, 0) is 155 Å². The van der Waals surface area contributed by atoms with E-state index in [1.165, 1.54) is 14.0 Å². The number of amides is 6. The summed E-state index contributed by atoms with van der Waals surface area (Å²) in [6, 6.07) is -4.96. The zero-order chi connectivity index (χ0) is 58.9. The van der Waals surface area contributed by atoms with E-state index in [2.05, 4.69) is 26.6 Å². The third-order valence-electron chi connectivity index (χ3n) is 13.3. The molecule has 0 aromatic rings. The maximum Gasteiger partial charge on any atom is 0.410 e. The molecule has 0 aromatic carbocycles. The van der Waals surface area contributed by atoms with Gasteiger partial charge in [0.25, 0.3) is 5.91 Å². The van der Waals surface area contributed by atoms with Crippen molar-refractivity contribution < 1.29 is 87.1 Å². The van der Waals surface area contributed by atoms with Crippen molar-refractivity contribution in [2.45, 2.75) is 237 Å². The number of carbonyl (C=O) groups excluding carboxylic acids is 6. The molecule has 3 aliphatic heterocycles. The third-order valence-corrected chi connectivity index (χ3v) is 13.3. The number of rotatable bonds is 13. The molecule has 446 valence electrons. The summed E-state index contributed by atoms with van der Waals surface area (Å²) in [6.45, 7) is 26.0. The SMILES string of the molecule is CN(C(=O)OC(C)(C)C)[C@@H]1[C@@H](O)[C@@H](O[C@@H]2[C@@H](O)[C@H](C3OC(CNC[C@H]4C[C@H](NC(=O)OC(C)(C)C)C4)=CC[C@H]3NC(=O)OC(C)(C)C)[C@@H](NC(=O)OC(C)(C)C)C[C@H]2NC(=O)C2(O)CN(C(=O)OC(C)(C)C)C2)OC[C@]1(C)O. The average molecular weight is 1110 g/mol. The maximum absolute atomic E-state index is 14.3. The minimum atomic E-state index is -2.16. The van der Waals surface area contributed by atoms with Crippen molar-refractivity contribution in [3.8, 4) is 0 Å². The predicted molar refractivity (Wildman–Crippen MR) is 280 cm³/mol. The van der Waals surface area contributed by atoms with Crippen LogP contribution in [0.3, 0.4) is 0 Å². The third kappa shape index (κ3) is 18.0. The van der Waals surface area contributed by atoms with E-state index in [9.17, 15) is 49.2 Å². The van der Waals surface area contributed by atoms with Crippen LogP contribution in [0.2, 0.25) is 0 Å². The van der Waals surface area contributed by atoms with Crippen LogP contribution in [0.1, 0.15) is 136 Å². The van der Waals surface area contributed by atoms with Gasteiger partial charge in [0.2, 0.25) is 0 Å². The number of nitrogens with zero attached hydrogens (tertiary/aromatic N) is 2. The van der Waals surface area contributed by atoms with E-state index in [0.29, 0.717) is 25.1 Å². The minimum Gasteiger partial charge on any atom is -0.491 e. The molecule has 25 nitrogen and oxygen atoms in total. The van der Waals surface area contributed by atoms with Crippen molar-refractivity contribution in [1.82, 2.24) is 36.4 Å². The number of likely N-dealkylation sites (tertiary alicyclic amines) is 1. The summed E-state index contributed by atoms with van der Waals surface area (Å²) in [4.78, 5) is 82.7. The number of β-amino-alcohol motifs (C(OH)–C–C–N with tert-alkyl or cyclic N) is 1. The fraction of sp³-hybridized carbons (Fsp3) is 0.849. The maximum atomic E-state index is 14.3. The number of aliphatic hydroxyl groups is 4. The van der Waals surface area contributed by atoms with Gasteiger partial charge in [-0.1, -0.05) is 0 Å². The van der Waals surface area contributed by atoms with Gasteiger partial charge in [0.15, 0.2) is 11.9 Å². The first-order valence-electron chi connectivity index (χ1n) is 26.9. The lowest BCUT2D eigenvalue weighted by Gasteiger charge is -2.52. The molecular formula is C53H91N7O18. The highest BCUT2D eigenvalue weighted by atomic mass is 16.7. The molecule has 5 aliphatic rings. The second kappa shape index (κ2) is 24.0. The Morgan fingerprint density at radius 1 is 0.692 bits per heavy atom. The van der Waals surface area contributed by atoms with E-state index < -0.39 is 156 Å². The second-order valence-corrected chi connectivity index (χ2v) is 26.7. The molecule has 0 aromatic heterocycles. The smallest absolute Gasteiger partial charge is 0.410 e. The fourth-order valence-corrected chi connectivity index (χ4v) is 10.1. The molecule has 0 radical (unpaired) electrons. The van der Waals surface area contributed by atoms with Crippen molar-refractivity contribution in [3.63, 3.8) is 0 Å². The Hall–Kier alpha value is -4.92. The van der Waals surface area contributed by atoms with Crippen molar-refractivity contribution in [1.29, 1.82) is 0 Å². The Labute approximate surface area is 458 Å². The van der Waals surface area contributed by atoms with Gasteiger partial charge < -0.3 is 94.7 Å². The zero-order valence-electron chi connectivity index (χ0n) is 48.8. The first kappa shape index (κ1) is 63.9. The van der Waals surface area contributed by atoms with E-state index in [-0.39, 0.29) is 31.3 Å². The summed E-state index contributed by atoms with van der Waals surface area (Å²) >= 11 is 0. The van der Waals surface area contributed by atoms with E-state index in [4.69, 9.17) is 37.9 Å². The molecule has 2 saturated heterocycles. The molecule has 3 heterocycles. The summed E-state index contributed by atoms with van der Waals surface area (Å²) in [5, 5.41) is 63.3. The van der Waals surface area contributed by atoms with Crippen LogP contribution >= 0.6 is 0 Å². The average Bonchev–Trinajstić information content (AvgIpc) is 3.20. The second-order valence-electron chi connectivity index (χ2n) is 26.7. The fourth-order valence-electron chi connectivity index (χ4n) is 10.1. The zero-order valence-corrected chi connectivity index (χ0v) is 48.8. The number of alkyl carbamates (subject to hydrolysis) is 3. The summed E-state index contributed by atoms with van der Waals surface area (Å²) in [7, 11) is 1.32. The predicted octanol–water partition coefficient (Wildman–Crippen LogP) is 3.28. The topological polar surface area (TPSA) is 324 Å². The molecule has 11 atom stereocenters. The number of aliphatic hydroxyl groups excluding tert-OH is 2. The lowest BCUT2D eigenvalue weighted by molar-refractivity contribution is -0.306. The Morgan fingerprint density at radius 2 is 1.21 bits per heavy atom. The molecule has 5 rings (SSSR count). The summed E-state index contributed by atoms with van der Waals surface area (Å²) in [6.07, 6.45) is -9.00. The van der Waals surface area contributed by atoms with Gasteiger partial charge in [-0.3, -0.25) is 4.79 Å². The van der Waals surface area contributed by atoms with E-state index in [1.54, 1.807) is 110 Å². The standard InChI is InChI=1S/C53H91N7O18/c1-47(2,3)74-42(64)55-29-20-28(21-29)23-54-24-30-18-19-31(57-43(65)75-48(4,5)6)37(72-30)34-32(58-44(66)76-49(7,8)9)22-33(56-41(63)53(70)25-60(26-53)46(68)78-51(13,14)15)38(35(34)61)73-40-36(62)39(52(16,69)27-71-40)59(17)45(67)77-50(10,11)12/h18,28-29,31-40,54,61-62,69-70H,19-27H2,1-17H3,(H,55,64)(H,56,63)(H,57,65)(H,58,66)/t28-,29-,31-,32+,33-,34-,35+,36-,37?,38+,39-,40-,52+/m1/s1. The van der Waals surface area contributed by atoms with Crippen LogP contribution in [0.5, 0.6) is 0 Å². The van der Waals surface area contributed by atoms with Crippen LogP contribution in [-0.2, 0) is 42.7 Å². The van der Waals surface area contributed by atoms with Crippen molar-refractivity contribution in [2.24, 2.45) is 11.8 Å². The van der Waals surface area contributed by atoms with E-state index >= 15 is 0 Å². The van der Waals surface area contributed by atoms with Crippen LogP contribution in [0.15, 0.2) is 11.8 Å². The van der Waals surface area contributed by atoms with Gasteiger partial charge in [0.1, 0.15) is 57.7 Å². The molecule has 25 heteroatoms. The Morgan fingerprint density at radius 3 is 1.73 bits per heavy atom. The highest BCUT2D eigenvalue weighted by Crippen LogP contribution is 2.40. The van der Waals surface area contributed by atoms with Crippen molar-refractivity contribution in [2.75, 3.05) is 39.8 Å². The van der Waals surface area contributed by atoms with Crippen molar-refractivity contribution in [3.05, 3.63) is 11.8 Å². The normalized spacial score (nSPS) is 31.3. The number of hydrogen-bond acceptors (Lipinski definition) is 19. The first-order chi connectivity index (χ1) is 35.5. The van der Waals surface area contributed by atoms with Crippen LogP contribution in [0, 0.1) is 11.8 Å². The molecule has 9 N–H and O–H groups in total. The Balaban J connectivity index is 1.51. The summed E-state index contributed by atoms with van der Waals surface area (Å²) in [5.41, 5.74) is -8.44. The Bertz CT molecular complexity index is 2170. The molecule has 0 bridgehead atoms. The summed E-state index contributed by atoms with van der Waals surface area (Å²) in [5.74, 6) is -1.61. The van der Waals surface area contributed by atoms with Gasteiger partial charge in [-0.2, -0.15) is 0 Å². The monoisotopic (exact) mass is 1110 g/mol. The van der Waals surface area contributed by atoms with Gasteiger partial charge in [0.05, 0.1) is 50.5 Å². The molecule has 6 amide bonds. The van der Waals surface area contributed by atoms with Gasteiger partial charge in [-0.15, -0.1) is 0 Å². The number of ether oxygens (including phenoxy) is 8. The Kier molecular flexibility index (Phi) is 19.7. The molecule has 78 heavy (non-hydrogen) atoms. The molecule has 2 saturated carbocycles. The molecule has 0 spiro atoms. The first-order valence-corrected chi connectivity index (χ1v) is 26.9. The quantitative estimate of drug-likeness (QED) is 0.120. The van der Waals surface area contributed by atoms with Crippen LogP contribution in [-0.4, -0.2) is 207 Å². The molecular weight excluding hydrogens is 1020 g/mol. The van der Waals surface area contributed by atoms with Crippen LogP contribution in [0.25, 0.3) is 0 Å². The van der Waals surface area contributed by atoms with Gasteiger partial charge in [0, 0.05) is 25.0 Å². The van der Waals surface area contributed by atoms with Gasteiger partial charge in [-0.25, -0.2) is 24.0 Å². The number of likely N-dealkylation sites (N-methyl/N-ethyl adjacent to an activating group) is 1. The highest BCUT2D eigenvalue weighted by Gasteiger charge is 2.58. The number of hydrogen-bond donors (Lipinski definition) is 9. The van der Waals surface area contributed by atoms with Gasteiger partial charge >= 0.3 is 30.5 Å². The molecule has 2 aliphatic carbocycles. The highest BCUT2D eigenvalue weighted by molar-refractivity contribution is 5.89. The van der Waals surface area contributed by atoms with E-state index in [0.717, 1.165) is 9.80 Å². The van der Waals surface area contributed by atoms with Crippen LogP contribution < -0.4 is 26.6 Å².